The van der Waals surface area contributed by atoms with Gasteiger partial charge in [0.2, 0.25) is 5.91 Å². The number of halogens is 1. The SMILES string of the molecule is COc1ccc(C(=O)COC(=O)c2ccccc2SCC(=O)N(C)C)cc1Cl. The zero-order valence-electron chi connectivity index (χ0n) is 15.7. The lowest BCUT2D eigenvalue weighted by molar-refractivity contribution is -0.125. The summed E-state index contributed by atoms with van der Waals surface area (Å²) in [5.41, 5.74) is 0.623. The fraction of sp³-hybridized carbons (Fsp3) is 0.250. The Bertz CT molecular complexity index is 885. The van der Waals surface area contributed by atoms with Gasteiger partial charge in [0.05, 0.1) is 23.4 Å². The van der Waals surface area contributed by atoms with Crippen LogP contribution in [0.2, 0.25) is 5.02 Å². The van der Waals surface area contributed by atoms with Gasteiger partial charge in [-0.3, -0.25) is 9.59 Å². The van der Waals surface area contributed by atoms with Crippen molar-refractivity contribution in [1.29, 1.82) is 0 Å². The second-order valence-electron chi connectivity index (χ2n) is 5.92. The zero-order valence-corrected chi connectivity index (χ0v) is 17.3. The standard InChI is InChI=1S/C20H20ClNO5S/c1-22(2)19(24)12-28-18-7-5-4-6-14(18)20(25)27-11-16(23)13-8-9-17(26-3)15(21)10-13/h4-10H,11-12H2,1-3H3. The van der Waals surface area contributed by atoms with Crippen LogP contribution in [0.4, 0.5) is 0 Å². The molecule has 0 N–H and O–H groups in total. The number of nitrogens with zero attached hydrogens (tertiary/aromatic N) is 1. The number of rotatable bonds is 8. The molecule has 6 nitrogen and oxygen atoms in total. The van der Waals surface area contributed by atoms with Gasteiger partial charge in [-0.1, -0.05) is 23.7 Å². The summed E-state index contributed by atoms with van der Waals surface area (Å²) in [7, 11) is 4.81. The zero-order chi connectivity index (χ0) is 20.7. The Labute approximate surface area is 172 Å². The Morgan fingerprint density at radius 1 is 1.11 bits per heavy atom. The van der Waals surface area contributed by atoms with Crippen LogP contribution in [0.25, 0.3) is 0 Å². The lowest BCUT2D eigenvalue weighted by Gasteiger charge is -2.12. The van der Waals surface area contributed by atoms with Crippen molar-refractivity contribution in [2.75, 3.05) is 33.6 Å². The van der Waals surface area contributed by atoms with E-state index in [2.05, 4.69) is 0 Å². The molecule has 2 aromatic carbocycles. The largest absolute Gasteiger partial charge is 0.495 e. The van der Waals surface area contributed by atoms with Crippen LogP contribution in [0.5, 0.6) is 5.75 Å². The van der Waals surface area contributed by atoms with Gasteiger partial charge < -0.3 is 14.4 Å². The number of hydrogen-bond acceptors (Lipinski definition) is 6. The molecule has 0 aliphatic heterocycles. The number of carbonyl (C=O) groups excluding carboxylic acids is 3. The molecule has 28 heavy (non-hydrogen) atoms. The number of ether oxygens (including phenoxy) is 2. The highest BCUT2D eigenvalue weighted by Gasteiger charge is 2.17. The molecule has 148 valence electrons. The maximum Gasteiger partial charge on any atom is 0.339 e. The van der Waals surface area contributed by atoms with Gasteiger partial charge in [-0.25, -0.2) is 4.79 Å². The molecule has 2 rings (SSSR count). The Hall–Kier alpha value is -2.51. The predicted molar refractivity (Wildman–Crippen MR) is 108 cm³/mol. The predicted octanol–water partition coefficient (Wildman–Crippen LogP) is 3.57. The van der Waals surface area contributed by atoms with E-state index in [0.29, 0.717) is 26.8 Å². The summed E-state index contributed by atoms with van der Waals surface area (Å²) >= 11 is 7.26. The van der Waals surface area contributed by atoms with Crippen molar-refractivity contribution in [2.24, 2.45) is 0 Å². The Kier molecular flexibility index (Phi) is 7.90. The van der Waals surface area contributed by atoms with Gasteiger partial charge >= 0.3 is 5.97 Å². The summed E-state index contributed by atoms with van der Waals surface area (Å²) in [6.45, 7) is -0.420. The molecule has 0 saturated carbocycles. The minimum Gasteiger partial charge on any atom is -0.495 e. The molecular formula is C20H20ClNO5S. The van der Waals surface area contributed by atoms with E-state index < -0.39 is 12.6 Å². The van der Waals surface area contributed by atoms with E-state index >= 15 is 0 Å². The van der Waals surface area contributed by atoms with Crippen molar-refractivity contribution in [3.05, 3.63) is 58.6 Å². The summed E-state index contributed by atoms with van der Waals surface area (Å²) in [4.78, 5) is 38.6. The third-order valence-electron chi connectivity index (χ3n) is 3.77. The number of carbonyl (C=O) groups is 3. The van der Waals surface area contributed by atoms with E-state index in [1.807, 2.05) is 0 Å². The maximum atomic E-state index is 12.4. The highest BCUT2D eigenvalue weighted by molar-refractivity contribution is 8.00. The molecule has 0 radical (unpaired) electrons. The minimum absolute atomic E-state index is 0.0697. The lowest BCUT2D eigenvalue weighted by Crippen LogP contribution is -2.23. The molecule has 0 unspecified atom stereocenters. The number of hydrogen-bond donors (Lipinski definition) is 0. The first-order valence-corrected chi connectivity index (χ1v) is 9.65. The van der Waals surface area contributed by atoms with E-state index in [9.17, 15) is 14.4 Å². The average molecular weight is 422 g/mol. The monoisotopic (exact) mass is 421 g/mol. The van der Waals surface area contributed by atoms with Gasteiger partial charge in [0, 0.05) is 24.6 Å². The maximum absolute atomic E-state index is 12.4. The minimum atomic E-state index is -0.631. The van der Waals surface area contributed by atoms with Crippen LogP contribution in [0.15, 0.2) is 47.4 Å². The van der Waals surface area contributed by atoms with Gasteiger partial charge in [0.25, 0.3) is 0 Å². The van der Waals surface area contributed by atoms with Gasteiger partial charge in [-0.15, -0.1) is 11.8 Å². The molecule has 0 aliphatic rings. The summed E-state index contributed by atoms with van der Waals surface area (Å²) in [6, 6.07) is 11.4. The van der Waals surface area contributed by atoms with Crippen LogP contribution in [0.1, 0.15) is 20.7 Å². The Balaban J connectivity index is 2.02. The smallest absolute Gasteiger partial charge is 0.339 e. The quantitative estimate of drug-likeness (QED) is 0.368. The first kappa shape index (κ1) is 21.8. The summed E-state index contributed by atoms with van der Waals surface area (Å²) in [6.07, 6.45) is 0. The van der Waals surface area contributed by atoms with Crippen molar-refractivity contribution in [3.63, 3.8) is 0 Å². The van der Waals surface area contributed by atoms with Gasteiger partial charge in [0.15, 0.2) is 12.4 Å². The number of Topliss-reactive ketones (excluding diaryl/α,β-unsaturated/α-hetero) is 1. The Morgan fingerprint density at radius 2 is 1.82 bits per heavy atom. The third-order valence-corrected chi connectivity index (χ3v) is 5.12. The second kappa shape index (κ2) is 10.1. The number of amides is 1. The third kappa shape index (κ3) is 5.74. The number of ketones is 1. The highest BCUT2D eigenvalue weighted by Crippen LogP contribution is 2.26. The van der Waals surface area contributed by atoms with Crippen molar-refractivity contribution in [1.82, 2.24) is 4.90 Å². The summed E-state index contributed by atoms with van der Waals surface area (Å²) in [5, 5.41) is 0.298. The van der Waals surface area contributed by atoms with E-state index in [-0.39, 0.29) is 17.4 Å². The average Bonchev–Trinajstić information content (AvgIpc) is 2.69. The van der Waals surface area contributed by atoms with Gasteiger partial charge in [-0.05, 0) is 30.3 Å². The van der Waals surface area contributed by atoms with E-state index in [4.69, 9.17) is 21.1 Å². The fourth-order valence-corrected chi connectivity index (χ4v) is 3.44. The number of benzene rings is 2. The van der Waals surface area contributed by atoms with E-state index in [1.54, 1.807) is 50.5 Å². The second-order valence-corrected chi connectivity index (χ2v) is 7.35. The van der Waals surface area contributed by atoms with Crippen LogP contribution >= 0.6 is 23.4 Å². The lowest BCUT2D eigenvalue weighted by atomic mass is 10.1. The molecule has 0 heterocycles. The van der Waals surface area contributed by atoms with Crippen LogP contribution in [-0.4, -0.2) is 56.1 Å². The van der Waals surface area contributed by atoms with Gasteiger partial charge in [-0.2, -0.15) is 0 Å². The van der Waals surface area contributed by atoms with E-state index in [0.717, 1.165) is 0 Å². The number of methoxy groups -OCH3 is 1. The van der Waals surface area contributed by atoms with Crippen molar-refractivity contribution < 1.29 is 23.9 Å². The molecule has 1 amide bonds. The molecular weight excluding hydrogens is 402 g/mol. The Morgan fingerprint density at radius 3 is 2.46 bits per heavy atom. The molecule has 0 atom stereocenters. The van der Waals surface area contributed by atoms with Gasteiger partial charge in [0.1, 0.15) is 5.75 Å². The highest BCUT2D eigenvalue weighted by atomic mass is 35.5. The summed E-state index contributed by atoms with van der Waals surface area (Å²) in [5.74, 6) is -0.437. The number of thioether (sulfide) groups is 1. The molecule has 2 aromatic rings. The first-order chi connectivity index (χ1) is 13.3. The van der Waals surface area contributed by atoms with E-state index in [1.165, 1.54) is 29.8 Å². The molecule has 0 spiro atoms. The van der Waals surface area contributed by atoms with Crippen LogP contribution < -0.4 is 4.74 Å². The topological polar surface area (TPSA) is 72.9 Å². The molecule has 0 fully saturated rings. The van der Waals surface area contributed by atoms with Crippen molar-refractivity contribution in [3.8, 4) is 5.75 Å². The molecule has 0 bridgehead atoms. The molecule has 8 heteroatoms. The number of esters is 1. The molecule has 0 aromatic heterocycles. The summed E-state index contributed by atoms with van der Waals surface area (Å²) < 4.78 is 10.2. The normalized spacial score (nSPS) is 10.3. The van der Waals surface area contributed by atoms with Crippen LogP contribution in [0.3, 0.4) is 0 Å². The van der Waals surface area contributed by atoms with Crippen molar-refractivity contribution >= 4 is 41.0 Å². The molecule has 0 aliphatic carbocycles. The van der Waals surface area contributed by atoms with Crippen molar-refractivity contribution in [2.45, 2.75) is 4.90 Å². The molecule has 0 saturated heterocycles. The van der Waals surface area contributed by atoms with Crippen LogP contribution in [0, 0.1) is 0 Å². The van der Waals surface area contributed by atoms with Crippen LogP contribution in [-0.2, 0) is 9.53 Å². The fourth-order valence-electron chi connectivity index (χ4n) is 2.16. The first-order valence-electron chi connectivity index (χ1n) is 8.29.